The van der Waals surface area contributed by atoms with E-state index in [1.165, 1.54) is 17.0 Å². The molecule has 1 N–H and O–H groups in total. The molecule has 0 spiro atoms. The van der Waals surface area contributed by atoms with Crippen LogP contribution in [0.4, 0.5) is 5.69 Å². The summed E-state index contributed by atoms with van der Waals surface area (Å²) >= 11 is 15.7. The molecule has 1 atom stereocenters. The first-order chi connectivity index (χ1) is 19.6. The molecule has 0 unspecified atom stereocenters. The molecule has 0 heterocycles. The van der Waals surface area contributed by atoms with Gasteiger partial charge >= 0.3 is 0 Å². The summed E-state index contributed by atoms with van der Waals surface area (Å²) in [5, 5.41) is 3.78. The molecular formula is C30H32BrCl2N3O4S. The lowest BCUT2D eigenvalue weighted by Gasteiger charge is -2.33. The van der Waals surface area contributed by atoms with E-state index < -0.39 is 28.5 Å². The van der Waals surface area contributed by atoms with E-state index in [1.807, 2.05) is 0 Å². The number of carbonyl (C=O) groups is 2. The van der Waals surface area contributed by atoms with E-state index >= 15 is 0 Å². The van der Waals surface area contributed by atoms with Crippen LogP contribution in [0.1, 0.15) is 44.6 Å². The van der Waals surface area contributed by atoms with Crippen molar-refractivity contribution in [2.75, 3.05) is 10.8 Å². The Balaban J connectivity index is 1.67. The Morgan fingerprint density at radius 1 is 0.951 bits per heavy atom. The van der Waals surface area contributed by atoms with Gasteiger partial charge in [-0.05, 0) is 73.9 Å². The van der Waals surface area contributed by atoms with E-state index in [1.54, 1.807) is 67.6 Å². The molecule has 218 valence electrons. The highest BCUT2D eigenvalue weighted by Crippen LogP contribution is 2.27. The fraction of sp³-hybridized carbons (Fsp3) is 0.333. The van der Waals surface area contributed by atoms with Crippen molar-refractivity contribution < 1.29 is 18.0 Å². The molecule has 0 radical (unpaired) electrons. The molecule has 2 amide bonds. The summed E-state index contributed by atoms with van der Waals surface area (Å²) in [6.07, 6.45) is 5.03. The van der Waals surface area contributed by atoms with Gasteiger partial charge in [0.05, 0.1) is 20.6 Å². The summed E-state index contributed by atoms with van der Waals surface area (Å²) in [6, 6.07) is 18.8. The number of amides is 2. The van der Waals surface area contributed by atoms with E-state index in [2.05, 4.69) is 21.2 Å². The zero-order chi connectivity index (χ0) is 29.6. The van der Waals surface area contributed by atoms with Crippen LogP contribution in [0.3, 0.4) is 0 Å². The van der Waals surface area contributed by atoms with E-state index in [4.69, 9.17) is 23.2 Å². The minimum atomic E-state index is -4.12. The maximum Gasteiger partial charge on any atom is 0.264 e. The molecule has 1 aliphatic carbocycles. The Morgan fingerprint density at radius 3 is 2.24 bits per heavy atom. The van der Waals surface area contributed by atoms with Gasteiger partial charge in [-0.25, -0.2) is 8.42 Å². The number of anilines is 1. The highest BCUT2D eigenvalue weighted by atomic mass is 79.9. The van der Waals surface area contributed by atoms with E-state index in [-0.39, 0.29) is 23.4 Å². The normalized spacial score (nSPS) is 14.7. The molecule has 3 aromatic rings. The molecule has 11 heteroatoms. The first-order valence-electron chi connectivity index (χ1n) is 13.4. The molecule has 4 rings (SSSR count). The Morgan fingerprint density at radius 2 is 1.61 bits per heavy atom. The number of hydrogen-bond acceptors (Lipinski definition) is 4. The lowest BCUT2D eigenvalue weighted by molar-refractivity contribution is -0.139. The Labute approximate surface area is 260 Å². The summed E-state index contributed by atoms with van der Waals surface area (Å²) in [6.45, 7) is 1.18. The van der Waals surface area contributed by atoms with Crippen molar-refractivity contribution >= 4 is 66.7 Å². The third-order valence-corrected chi connectivity index (χ3v) is 10.2. The van der Waals surface area contributed by atoms with Gasteiger partial charge in [0.15, 0.2) is 0 Å². The largest absolute Gasteiger partial charge is 0.352 e. The second-order valence-electron chi connectivity index (χ2n) is 10.1. The predicted molar refractivity (Wildman–Crippen MR) is 167 cm³/mol. The number of carbonyl (C=O) groups excluding carboxylic acids is 2. The van der Waals surface area contributed by atoms with Crippen LogP contribution in [0.15, 0.2) is 82.2 Å². The summed E-state index contributed by atoms with van der Waals surface area (Å²) < 4.78 is 29.5. The number of nitrogens with zero attached hydrogens (tertiary/aromatic N) is 2. The van der Waals surface area contributed by atoms with Gasteiger partial charge in [0.2, 0.25) is 11.8 Å². The summed E-state index contributed by atoms with van der Waals surface area (Å²) in [4.78, 5) is 28.9. The van der Waals surface area contributed by atoms with Crippen LogP contribution in [0.25, 0.3) is 0 Å². The average Bonchev–Trinajstić information content (AvgIpc) is 2.97. The van der Waals surface area contributed by atoms with Crippen LogP contribution in [0, 0.1) is 0 Å². The number of hydrogen-bond donors (Lipinski definition) is 1. The molecule has 1 fully saturated rings. The monoisotopic (exact) mass is 679 g/mol. The zero-order valence-corrected chi connectivity index (χ0v) is 26.5. The maximum absolute atomic E-state index is 14.0. The van der Waals surface area contributed by atoms with E-state index in [0.717, 1.165) is 40.9 Å². The Bertz CT molecular complexity index is 1470. The third-order valence-electron chi connectivity index (χ3n) is 7.18. The smallest absolute Gasteiger partial charge is 0.264 e. The molecule has 0 saturated heterocycles. The minimum Gasteiger partial charge on any atom is -0.352 e. The van der Waals surface area contributed by atoms with Crippen molar-refractivity contribution in [3.8, 4) is 0 Å². The topological polar surface area (TPSA) is 86.8 Å². The summed E-state index contributed by atoms with van der Waals surface area (Å²) in [5.41, 5.74) is 0.977. The third kappa shape index (κ3) is 8.03. The van der Waals surface area contributed by atoms with Crippen molar-refractivity contribution in [1.29, 1.82) is 0 Å². The van der Waals surface area contributed by atoms with Crippen LogP contribution in [0.5, 0.6) is 0 Å². The Hall–Kier alpha value is -2.59. The second kappa shape index (κ2) is 14.1. The SMILES string of the molecule is C[C@@H](C(=O)NC1CCCCC1)N(Cc1ccc(Cl)c(Cl)c1)C(=O)CN(c1ccc(Br)cc1)S(=O)(=O)c1ccccc1. The number of sulfonamides is 1. The number of halogens is 3. The van der Waals surface area contributed by atoms with Crippen molar-refractivity contribution in [3.05, 3.63) is 92.9 Å². The zero-order valence-electron chi connectivity index (χ0n) is 22.6. The average molecular weight is 681 g/mol. The van der Waals surface area contributed by atoms with Crippen LogP contribution in [-0.2, 0) is 26.2 Å². The fourth-order valence-corrected chi connectivity index (χ4v) is 6.86. The molecule has 41 heavy (non-hydrogen) atoms. The highest BCUT2D eigenvalue weighted by molar-refractivity contribution is 9.10. The van der Waals surface area contributed by atoms with Crippen molar-refractivity contribution in [2.45, 2.75) is 62.6 Å². The van der Waals surface area contributed by atoms with Gasteiger partial charge in [-0.3, -0.25) is 13.9 Å². The molecule has 0 aliphatic heterocycles. The lowest BCUT2D eigenvalue weighted by atomic mass is 9.95. The standard InChI is InChI=1S/C30H32BrCl2N3O4S/c1-21(30(38)34-24-8-4-2-5-9-24)35(19-22-12-17-27(32)28(33)18-22)29(37)20-36(25-15-13-23(31)14-16-25)41(39,40)26-10-6-3-7-11-26/h3,6-7,10-18,21,24H,2,4-5,8-9,19-20H2,1H3,(H,34,38)/t21-/m0/s1. The molecule has 0 aromatic heterocycles. The van der Waals surface area contributed by atoms with Crippen LogP contribution in [0.2, 0.25) is 10.0 Å². The molecule has 0 bridgehead atoms. The van der Waals surface area contributed by atoms with Gasteiger partial charge in [0, 0.05) is 17.1 Å². The van der Waals surface area contributed by atoms with Crippen LogP contribution >= 0.6 is 39.1 Å². The highest BCUT2D eigenvalue weighted by Gasteiger charge is 2.33. The fourth-order valence-electron chi connectivity index (χ4n) is 4.84. The van der Waals surface area contributed by atoms with Crippen LogP contribution in [-0.4, -0.2) is 43.8 Å². The first kappa shape index (κ1) is 31.3. The van der Waals surface area contributed by atoms with Gasteiger partial charge in [-0.1, -0.05) is 82.7 Å². The first-order valence-corrected chi connectivity index (χ1v) is 16.4. The molecule has 3 aromatic carbocycles. The lowest BCUT2D eigenvalue weighted by Crippen LogP contribution is -2.53. The van der Waals surface area contributed by atoms with Gasteiger partial charge in [0.25, 0.3) is 10.0 Å². The van der Waals surface area contributed by atoms with Crippen molar-refractivity contribution in [2.24, 2.45) is 0 Å². The predicted octanol–water partition coefficient (Wildman–Crippen LogP) is 6.82. The van der Waals surface area contributed by atoms with Gasteiger partial charge < -0.3 is 10.2 Å². The molecule has 1 aliphatic rings. The quantitative estimate of drug-likeness (QED) is 0.255. The molecule has 1 saturated carbocycles. The van der Waals surface area contributed by atoms with E-state index in [0.29, 0.717) is 21.3 Å². The van der Waals surface area contributed by atoms with Crippen molar-refractivity contribution in [1.82, 2.24) is 10.2 Å². The maximum atomic E-state index is 14.0. The number of benzene rings is 3. The van der Waals surface area contributed by atoms with Gasteiger partial charge in [-0.15, -0.1) is 0 Å². The molecular weight excluding hydrogens is 649 g/mol. The minimum absolute atomic E-state index is 0.0362. The van der Waals surface area contributed by atoms with Gasteiger partial charge in [0.1, 0.15) is 12.6 Å². The molecule has 7 nitrogen and oxygen atoms in total. The summed E-state index contributed by atoms with van der Waals surface area (Å²) in [5.74, 6) is -0.823. The number of rotatable bonds is 10. The van der Waals surface area contributed by atoms with Crippen LogP contribution < -0.4 is 9.62 Å². The summed E-state index contributed by atoms with van der Waals surface area (Å²) in [7, 11) is -4.12. The van der Waals surface area contributed by atoms with Gasteiger partial charge in [-0.2, -0.15) is 0 Å². The van der Waals surface area contributed by atoms with Crippen molar-refractivity contribution in [3.63, 3.8) is 0 Å². The second-order valence-corrected chi connectivity index (χ2v) is 13.7. The Kier molecular flexibility index (Phi) is 10.7. The number of nitrogens with one attached hydrogen (secondary N) is 1. The van der Waals surface area contributed by atoms with E-state index in [9.17, 15) is 18.0 Å².